The van der Waals surface area contributed by atoms with Crippen molar-refractivity contribution in [2.75, 3.05) is 26.3 Å². The Kier molecular flexibility index (Phi) is 3.54. The zero-order valence-corrected chi connectivity index (χ0v) is 7.18. The van der Waals surface area contributed by atoms with E-state index in [1.165, 1.54) is 0 Å². The van der Waals surface area contributed by atoms with Gasteiger partial charge in [0.15, 0.2) is 0 Å². The number of hydrogen-bond donors (Lipinski definition) is 2. The maximum absolute atomic E-state index is 9.89. The molecule has 1 fully saturated rings. The van der Waals surface area contributed by atoms with Crippen LogP contribution >= 0.6 is 0 Å². The summed E-state index contributed by atoms with van der Waals surface area (Å²) < 4.78 is 5.14. The monoisotopic (exact) mass is 169 g/mol. The van der Waals surface area contributed by atoms with Gasteiger partial charge in [0, 0.05) is 32.6 Å². The lowest BCUT2D eigenvalue weighted by atomic mass is 9.94. The zero-order chi connectivity index (χ0) is 8.86. The van der Waals surface area contributed by atoms with Crippen molar-refractivity contribution in [3.63, 3.8) is 0 Å². The minimum atomic E-state index is -0.602. The van der Waals surface area contributed by atoms with Gasteiger partial charge in [0.2, 0.25) is 0 Å². The van der Waals surface area contributed by atoms with E-state index >= 15 is 0 Å². The summed E-state index contributed by atoms with van der Waals surface area (Å²) >= 11 is 0. The summed E-state index contributed by atoms with van der Waals surface area (Å²) in [5, 5.41) is 12.9. The van der Waals surface area contributed by atoms with Crippen molar-refractivity contribution in [1.29, 1.82) is 0 Å². The highest BCUT2D eigenvalue weighted by molar-refractivity contribution is 4.90. The molecule has 3 heteroatoms. The van der Waals surface area contributed by atoms with Gasteiger partial charge in [0.05, 0.1) is 12.1 Å². The smallest absolute Gasteiger partial charge is 0.0815 e. The molecule has 0 aliphatic carbocycles. The summed E-state index contributed by atoms with van der Waals surface area (Å²) in [5.41, 5.74) is -0.602. The first kappa shape index (κ1) is 9.53. The molecule has 0 saturated carbocycles. The van der Waals surface area contributed by atoms with Gasteiger partial charge >= 0.3 is 0 Å². The van der Waals surface area contributed by atoms with Crippen LogP contribution in [0.25, 0.3) is 0 Å². The number of rotatable bonds is 3. The third-order valence-corrected chi connectivity index (χ3v) is 2.10. The van der Waals surface area contributed by atoms with Gasteiger partial charge in [-0.3, -0.25) is 0 Å². The molecule has 1 rings (SSSR count). The summed E-state index contributed by atoms with van der Waals surface area (Å²) in [6.45, 7) is 2.38. The molecule has 2 N–H and O–H groups in total. The number of ether oxygens (including phenoxy) is 1. The van der Waals surface area contributed by atoms with E-state index in [4.69, 9.17) is 11.2 Å². The van der Waals surface area contributed by atoms with E-state index in [-0.39, 0.29) is 0 Å². The van der Waals surface area contributed by atoms with Crippen LogP contribution in [-0.4, -0.2) is 37.0 Å². The predicted molar refractivity (Wildman–Crippen MR) is 46.7 cm³/mol. The van der Waals surface area contributed by atoms with Crippen molar-refractivity contribution >= 4 is 0 Å². The third-order valence-electron chi connectivity index (χ3n) is 2.10. The van der Waals surface area contributed by atoms with Crippen molar-refractivity contribution in [2.45, 2.75) is 18.4 Å². The second kappa shape index (κ2) is 4.46. The van der Waals surface area contributed by atoms with E-state index < -0.39 is 5.60 Å². The molecule has 1 aliphatic heterocycles. The van der Waals surface area contributed by atoms with E-state index in [1.807, 2.05) is 0 Å². The fraction of sp³-hybridized carbons (Fsp3) is 0.778. The maximum Gasteiger partial charge on any atom is 0.0815 e. The Morgan fingerprint density at radius 2 is 2.17 bits per heavy atom. The van der Waals surface area contributed by atoms with Crippen LogP contribution in [0.4, 0.5) is 0 Å². The quantitative estimate of drug-likeness (QED) is 0.452. The van der Waals surface area contributed by atoms with Crippen molar-refractivity contribution in [1.82, 2.24) is 5.32 Å². The summed E-state index contributed by atoms with van der Waals surface area (Å²) in [6.07, 6.45) is 6.47. The first-order valence-corrected chi connectivity index (χ1v) is 4.21. The molecule has 0 aromatic rings. The number of aliphatic hydroxyl groups is 1. The Bertz CT molecular complexity index is 168. The van der Waals surface area contributed by atoms with E-state index in [0.717, 1.165) is 0 Å². The van der Waals surface area contributed by atoms with Crippen LogP contribution in [0.5, 0.6) is 0 Å². The molecule has 0 atom stereocenters. The first-order valence-electron chi connectivity index (χ1n) is 4.21. The maximum atomic E-state index is 9.89. The second-order valence-corrected chi connectivity index (χ2v) is 3.14. The summed E-state index contributed by atoms with van der Waals surface area (Å²) in [7, 11) is 0. The van der Waals surface area contributed by atoms with Gasteiger partial charge in [-0.25, -0.2) is 0 Å². The van der Waals surface area contributed by atoms with E-state index in [1.54, 1.807) is 0 Å². The van der Waals surface area contributed by atoms with Crippen molar-refractivity contribution in [3.05, 3.63) is 0 Å². The zero-order valence-electron chi connectivity index (χ0n) is 7.18. The second-order valence-electron chi connectivity index (χ2n) is 3.14. The Morgan fingerprint density at radius 1 is 1.50 bits per heavy atom. The van der Waals surface area contributed by atoms with Gasteiger partial charge in [0.1, 0.15) is 0 Å². The molecule has 1 heterocycles. The molecule has 0 amide bonds. The highest BCUT2D eigenvalue weighted by Crippen LogP contribution is 2.18. The molecule has 12 heavy (non-hydrogen) atoms. The molecule has 68 valence electrons. The van der Waals surface area contributed by atoms with Gasteiger partial charge in [0.25, 0.3) is 0 Å². The lowest BCUT2D eigenvalue weighted by Crippen LogP contribution is -2.45. The average Bonchev–Trinajstić information content (AvgIpc) is 2.06. The van der Waals surface area contributed by atoms with Gasteiger partial charge in [-0.1, -0.05) is 5.92 Å². The topological polar surface area (TPSA) is 41.5 Å². The minimum Gasteiger partial charge on any atom is -0.388 e. The summed E-state index contributed by atoms with van der Waals surface area (Å²) in [4.78, 5) is 0. The first-order chi connectivity index (χ1) is 5.77. The largest absolute Gasteiger partial charge is 0.388 e. The van der Waals surface area contributed by atoms with Crippen LogP contribution < -0.4 is 5.32 Å². The van der Waals surface area contributed by atoms with Crippen LogP contribution in [0.3, 0.4) is 0 Å². The van der Waals surface area contributed by atoms with Crippen molar-refractivity contribution in [3.8, 4) is 12.3 Å². The third kappa shape index (κ3) is 2.82. The van der Waals surface area contributed by atoms with Gasteiger partial charge in [-0.2, -0.15) is 0 Å². The van der Waals surface area contributed by atoms with Gasteiger partial charge in [-0.05, 0) is 0 Å². The predicted octanol–water partition coefficient (Wildman–Crippen LogP) is -0.249. The molecule has 0 bridgehead atoms. The van der Waals surface area contributed by atoms with Gasteiger partial charge < -0.3 is 15.2 Å². The highest BCUT2D eigenvalue weighted by atomic mass is 16.5. The molecule has 0 spiro atoms. The highest BCUT2D eigenvalue weighted by Gasteiger charge is 2.28. The lowest BCUT2D eigenvalue weighted by molar-refractivity contribution is -0.0610. The lowest BCUT2D eigenvalue weighted by Gasteiger charge is -2.31. The average molecular weight is 169 g/mol. The molecule has 1 aliphatic rings. The molecule has 3 nitrogen and oxygen atoms in total. The Labute approximate surface area is 73.1 Å². The molecule has 1 saturated heterocycles. The number of nitrogens with one attached hydrogen (secondary N) is 1. The minimum absolute atomic E-state index is 0.517. The fourth-order valence-corrected chi connectivity index (χ4v) is 1.30. The normalized spacial score (nSPS) is 21.7. The van der Waals surface area contributed by atoms with Crippen LogP contribution in [0.1, 0.15) is 12.8 Å². The van der Waals surface area contributed by atoms with Crippen molar-refractivity contribution in [2.24, 2.45) is 0 Å². The molecular formula is C9H15NO2. The van der Waals surface area contributed by atoms with Crippen LogP contribution in [0.2, 0.25) is 0 Å². The molecule has 0 aromatic heterocycles. The molecule has 0 unspecified atom stereocenters. The Hall–Kier alpha value is -0.560. The Balaban J connectivity index is 2.23. The van der Waals surface area contributed by atoms with Crippen molar-refractivity contribution < 1.29 is 9.84 Å². The van der Waals surface area contributed by atoms with E-state index in [0.29, 0.717) is 39.1 Å². The SMILES string of the molecule is C#CCNCC1(O)CCOCC1. The number of hydrogen-bond acceptors (Lipinski definition) is 3. The van der Waals surface area contributed by atoms with Crippen LogP contribution in [0, 0.1) is 12.3 Å². The number of terminal acetylenes is 1. The molecule has 0 radical (unpaired) electrons. The fourth-order valence-electron chi connectivity index (χ4n) is 1.30. The standard InChI is InChI=1S/C9H15NO2/c1-2-5-10-8-9(11)3-6-12-7-4-9/h1,10-11H,3-8H2. The summed E-state index contributed by atoms with van der Waals surface area (Å²) in [6, 6.07) is 0. The molecular weight excluding hydrogens is 154 g/mol. The van der Waals surface area contributed by atoms with Gasteiger partial charge in [-0.15, -0.1) is 6.42 Å². The van der Waals surface area contributed by atoms with Crippen LogP contribution in [0.15, 0.2) is 0 Å². The molecule has 0 aromatic carbocycles. The Morgan fingerprint density at radius 3 is 2.75 bits per heavy atom. The van der Waals surface area contributed by atoms with Crippen LogP contribution in [-0.2, 0) is 4.74 Å². The summed E-state index contributed by atoms with van der Waals surface area (Å²) in [5.74, 6) is 2.47. The van der Waals surface area contributed by atoms with E-state index in [9.17, 15) is 5.11 Å². The van der Waals surface area contributed by atoms with E-state index in [2.05, 4.69) is 11.2 Å².